The fourth-order valence-electron chi connectivity index (χ4n) is 3.50. The Morgan fingerprint density at radius 1 is 1.00 bits per heavy atom. The van der Waals surface area contributed by atoms with E-state index >= 15 is 0 Å². The van der Waals surface area contributed by atoms with Gasteiger partial charge in [0.2, 0.25) is 11.1 Å². The van der Waals surface area contributed by atoms with Crippen LogP contribution in [0.2, 0.25) is 5.02 Å². The average molecular weight is 466 g/mol. The predicted octanol–water partition coefficient (Wildman–Crippen LogP) is 5.14. The Morgan fingerprint density at radius 2 is 1.72 bits per heavy atom. The Labute approximate surface area is 192 Å². The second-order valence-corrected chi connectivity index (χ2v) is 8.75. The van der Waals surface area contributed by atoms with Crippen molar-refractivity contribution in [2.45, 2.75) is 16.4 Å². The smallest absolute Gasteiger partial charge is 0.240 e. The van der Waals surface area contributed by atoms with Gasteiger partial charge in [-0.1, -0.05) is 65.8 Å². The number of aromatic nitrogens is 3. The molecular formula is C23H17ClFN5OS. The molecule has 2 atom stereocenters. The number of rotatable bonds is 4. The van der Waals surface area contributed by atoms with Crippen molar-refractivity contribution in [2.75, 3.05) is 10.7 Å². The summed E-state index contributed by atoms with van der Waals surface area (Å²) >= 11 is 7.40. The molecule has 32 heavy (non-hydrogen) atoms. The van der Waals surface area contributed by atoms with Crippen molar-refractivity contribution in [3.8, 4) is 11.4 Å². The lowest BCUT2D eigenvalue weighted by molar-refractivity contribution is -0.116. The lowest BCUT2D eigenvalue weighted by atomic mass is 10.0. The highest BCUT2D eigenvalue weighted by Gasteiger charge is 2.38. The maximum atomic E-state index is 13.2. The summed E-state index contributed by atoms with van der Waals surface area (Å²) in [6.07, 6.45) is 0. The molecule has 0 radical (unpaired) electrons. The lowest BCUT2D eigenvalue weighted by Crippen LogP contribution is -2.41. The van der Waals surface area contributed by atoms with E-state index in [2.05, 4.69) is 20.9 Å². The summed E-state index contributed by atoms with van der Waals surface area (Å²) in [6, 6.07) is 22.3. The third-order valence-corrected chi connectivity index (χ3v) is 6.54. The number of amides is 1. The van der Waals surface area contributed by atoms with Crippen molar-refractivity contribution in [1.29, 1.82) is 0 Å². The molecule has 0 unspecified atom stereocenters. The Hall–Kier alpha value is -3.36. The van der Waals surface area contributed by atoms with Crippen LogP contribution in [-0.2, 0) is 4.79 Å². The third kappa shape index (κ3) is 4.06. The van der Waals surface area contributed by atoms with Gasteiger partial charge in [0.05, 0.1) is 6.04 Å². The summed E-state index contributed by atoms with van der Waals surface area (Å²) in [6.45, 7) is 0. The Kier molecular flexibility index (Phi) is 5.55. The predicted molar refractivity (Wildman–Crippen MR) is 124 cm³/mol. The molecule has 9 heteroatoms. The highest BCUT2D eigenvalue weighted by molar-refractivity contribution is 8.00. The number of anilines is 1. The van der Waals surface area contributed by atoms with E-state index in [4.69, 9.17) is 11.6 Å². The van der Waals surface area contributed by atoms with Gasteiger partial charge >= 0.3 is 0 Å². The lowest BCUT2D eigenvalue weighted by Gasteiger charge is -2.33. The number of benzene rings is 3. The van der Waals surface area contributed by atoms with Crippen molar-refractivity contribution < 1.29 is 9.18 Å². The van der Waals surface area contributed by atoms with Crippen molar-refractivity contribution in [3.63, 3.8) is 0 Å². The van der Waals surface area contributed by atoms with E-state index in [1.807, 2.05) is 42.5 Å². The zero-order valence-corrected chi connectivity index (χ0v) is 18.1. The number of thioether (sulfide) groups is 1. The molecule has 0 spiro atoms. The zero-order valence-electron chi connectivity index (χ0n) is 16.6. The minimum atomic E-state index is -0.554. The third-order valence-electron chi connectivity index (χ3n) is 5.07. The van der Waals surface area contributed by atoms with Gasteiger partial charge < -0.3 is 10.7 Å². The van der Waals surface area contributed by atoms with E-state index < -0.39 is 5.25 Å². The average Bonchev–Trinajstić information content (AvgIpc) is 3.24. The number of hydrogen-bond acceptors (Lipinski definition) is 5. The first-order valence-corrected chi connectivity index (χ1v) is 11.1. The molecule has 0 saturated carbocycles. The van der Waals surface area contributed by atoms with Crippen LogP contribution in [0, 0.1) is 5.82 Å². The first-order valence-electron chi connectivity index (χ1n) is 9.84. The number of carbonyl (C=O) groups excluding carboxylic acids is 1. The number of nitrogens with zero attached hydrogens (tertiary/aromatic N) is 3. The minimum Gasteiger partial charge on any atom is -0.325 e. The van der Waals surface area contributed by atoms with Crippen LogP contribution in [0.15, 0.2) is 84.0 Å². The molecule has 1 aliphatic heterocycles. The van der Waals surface area contributed by atoms with Crippen LogP contribution >= 0.6 is 23.4 Å². The van der Waals surface area contributed by atoms with Crippen LogP contribution in [0.3, 0.4) is 0 Å². The van der Waals surface area contributed by atoms with Gasteiger partial charge in [-0.15, -0.1) is 10.2 Å². The van der Waals surface area contributed by atoms with Gasteiger partial charge in [-0.25, -0.2) is 9.07 Å². The summed E-state index contributed by atoms with van der Waals surface area (Å²) in [5.41, 5.74) is 5.72. The largest absolute Gasteiger partial charge is 0.325 e. The molecule has 5 rings (SSSR count). The maximum Gasteiger partial charge on any atom is 0.240 e. The summed E-state index contributed by atoms with van der Waals surface area (Å²) < 4.78 is 15.1. The molecule has 0 aliphatic carbocycles. The first kappa shape index (κ1) is 20.5. The van der Waals surface area contributed by atoms with Crippen LogP contribution in [0.1, 0.15) is 11.6 Å². The fourth-order valence-corrected chi connectivity index (χ4v) is 4.70. The number of hydrogen-bond donors (Lipinski definition) is 2. The van der Waals surface area contributed by atoms with Gasteiger partial charge in [-0.3, -0.25) is 4.79 Å². The van der Waals surface area contributed by atoms with E-state index in [1.54, 1.807) is 16.8 Å². The van der Waals surface area contributed by atoms with E-state index in [0.717, 1.165) is 11.1 Å². The van der Waals surface area contributed by atoms with E-state index in [-0.39, 0.29) is 17.8 Å². The normalized spacial score (nSPS) is 17.3. The van der Waals surface area contributed by atoms with Gasteiger partial charge in [-0.2, -0.15) is 0 Å². The molecule has 6 nitrogen and oxygen atoms in total. The summed E-state index contributed by atoms with van der Waals surface area (Å²) in [5, 5.41) is 12.1. The highest BCUT2D eigenvalue weighted by atomic mass is 35.5. The molecule has 4 aromatic rings. The molecule has 2 N–H and O–H groups in total. The molecular weight excluding hydrogens is 449 g/mol. The Morgan fingerprint density at radius 3 is 2.44 bits per heavy atom. The molecule has 1 aliphatic rings. The summed E-state index contributed by atoms with van der Waals surface area (Å²) in [4.78, 5) is 13.2. The van der Waals surface area contributed by atoms with Gasteiger partial charge in [0.25, 0.3) is 0 Å². The van der Waals surface area contributed by atoms with Crippen LogP contribution in [0.4, 0.5) is 10.1 Å². The Balaban J connectivity index is 1.50. The fraction of sp³-hybridized carbons (Fsp3) is 0.0870. The zero-order chi connectivity index (χ0) is 22.1. The molecule has 0 fully saturated rings. The number of nitrogens with one attached hydrogen (secondary N) is 2. The van der Waals surface area contributed by atoms with Crippen molar-refractivity contribution >= 4 is 35.0 Å². The van der Waals surface area contributed by atoms with Gasteiger partial charge in [0, 0.05) is 16.3 Å². The minimum absolute atomic E-state index is 0.232. The summed E-state index contributed by atoms with van der Waals surface area (Å²) in [5.74, 6) is 0.0614. The van der Waals surface area contributed by atoms with Crippen LogP contribution < -0.4 is 10.7 Å². The SMILES string of the molecule is O=C(Nc1ccc(F)cc1)[C@H]1Sc2nnc(-c3ccccc3)n2N[C@H]1c1ccc(Cl)cc1. The van der Waals surface area contributed by atoms with Crippen LogP contribution in [0.25, 0.3) is 11.4 Å². The van der Waals surface area contributed by atoms with Gasteiger partial charge in [-0.05, 0) is 42.0 Å². The van der Waals surface area contributed by atoms with E-state index in [1.165, 1.54) is 36.0 Å². The molecule has 160 valence electrons. The van der Waals surface area contributed by atoms with Crippen molar-refractivity contribution in [2.24, 2.45) is 0 Å². The van der Waals surface area contributed by atoms with Gasteiger partial charge in [0.1, 0.15) is 11.1 Å². The monoisotopic (exact) mass is 465 g/mol. The number of fused-ring (bicyclic) bond motifs is 1. The van der Waals surface area contributed by atoms with Gasteiger partial charge in [0.15, 0.2) is 5.82 Å². The molecule has 3 aromatic carbocycles. The second kappa shape index (κ2) is 8.64. The van der Waals surface area contributed by atoms with E-state index in [9.17, 15) is 9.18 Å². The molecule has 0 bridgehead atoms. The first-order chi connectivity index (χ1) is 15.6. The standard InChI is InChI=1S/C23H17ClFN5OS/c24-16-8-6-14(7-9-16)19-20(22(31)26-18-12-10-17(25)11-13-18)32-23-28-27-21(30(23)29-19)15-4-2-1-3-5-15/h1-13,19-20,29H,(H,26,31)/t19-,20-/m0/s1. The number of carbonyl (C=O) groups is 1. The second-order valence-electron chi connectivity index (χ2n) is 7.20. The van der Waals surface area contributed by atoms with Crippen molar-refractivity contribution in [3.05, 3.63) is 95.3 Å². The molecule has 1 aromatic heterocycles. The molecule has 0 saturated heterocycles. The number of halogens is 2. The van der Waals surface area contributed by atoms with Crippen LogP contribution in [0.5, 0.6) is 0 Å². The van der Waals surface area contributed by atoms with Crippen molar-refractivity contribution in [1.82, 2.24) is 14.9 Å². The highest BCUT2D eigenvalue weighted by Crippen LogP contribution is 2.39. The summed E-state index contributed by atoms with van der Waals surface area (Å²) in [7, 11) is 0. The maximum absolute atomic E-state index is 13.2. The Bertz CT molecular complexity index is 1250. The quantitative estimate of drug-likeness (QED) is 0.437. The molecule has 1 amide bonds. The topological polar surface area (TPSA) is 71.8 Å². The van der Waals surface area contributed by atoms with E-state index in [0.29, 0.717) is 21.7 Å². The molecule has 2 heterocycles. The van der Waals surface area contributed by atoms with Crippen LogP contribution in [-0.4, -0.2) is 26.0 Å².